The number of hydrogen-bond acceptors (Lipinski definition) is 3. The van der Waals surface area contributed by atoms with Gasteiger partial charge in [0, 0.05) is 35.9 Å². The van der Waals surface area contributed by atoms with E-state index in [4.69, 9.17) is 11.6 Å². The van der Waals surface area contributed by atoms with E-state index in [9.17, 15) is 14.4 Å². The lowest BCUT2D eigenvalue weighted by Crippen LogP contribution is -2.54. The van der Waals surface area contributed by atoms with Crippen molar-refractivity contribution in [2.75, 3.05) is 25.0 Å². The summed E-state index contributed by atoms with van der Waals surface area (Å²) in [5, 5.41) is 9.29. The van der Waals surface area contributed by atoms with Crippen molar-refractivity contribution < 1.29 is 14.4 Å². The Morgan fingerprint density at radius 1 is 1.09 bits per heavy atom. The summed E-state index contributed by atoms with van der Waals surface area (Å²) >= 11 is 5.99. The average Bonchev–Trinajstić information content (AvgIpc) is 2.81. The Balaban J connectivity index is 1.64. The maximum absolute atomic E-state index is 12.9. The van der Waals surface area contributed by atoms with Gasteiger partial charge < -0.3 is 20.9 Å². The molecule has 1 atom stereocenters. The molecule has 0 saturated carbocycles. The Morgan fingerprint density at radius 2 is 1.82 bits per heavy atom. The largest absolute Gasteiger partial charge is 0.354 e. The van der Waals surface area contributed by atoms with Crippen LogP contribution in [0.1, 0.15) is 42.1 Å². The van der Waals surface area contributed by atoms with Gasteiger partial charge in [-0.3, -0.25) is 9.59 Å². The molecule has 176 valence electrons. The fourth-order valence-electron chi connectivity index (χ4n) is 4.01. The molecule has 1 saturated heterocycles. The molecule has 1 fully saturated rings. The van der Waals surface area contributed by atoms with Gasteiger partial charge in [-0.2, -0.15) is 0 Å². The second-order valence-electron chi connectivity index (χ2n) is 8.32. The van der Waals surface area contributed by atoms with E-state index in [2.05, 4.69) is 16.0 Å². The lowest BCUT2D eigenvalue weighted by atomic mass is 9.88. The van der Waals surface area contributed by atoms with Gasteiger partial charge in [-0.15, -0.1) is 0 Å². The van der Waals surface area contributed by atoms with Gasteiger partial charge in [-0.05, 0) is 61.9 Å². The highest BCUT2D eigenvalue weighted by Crippen LogP contribution is 2.23. The summed E-state index contributed by atoms with van der Waals surface area (Å²) in [5.41, 5.74) is 2.05. The molecule has 0 aromatic heterocycles. The first-order chi connectivity index (χ1) is 15.9. The minimum absolute atomic E-state index is 0.0648. The Hall–Kier alpha value is -3.06. The van der Waals surface area contributed by atoms with E-state index in [1.807, 2.05) is 32.0 Å². The lowest BCUT2D eigenvalue weighted by molar-refractivity contribution is -0.124. The van der Waals surface area contributed by atoms with Gasteiger partial charge in [0.05, 0.1) is 0 Å². The van der Waals surface area contributed by atoms with Crippen LogP contribution in [0.25, 0.3) is 0 Å². The Bertz CT molecular complexity index is 989. The average molecular weight is 471 g/mol. The molecular weight excluding hydrogens is 440 g/mol. The van der Waals surface area contributed by atoms with Crippen molar-refractivity contribution in [3.8, 4) is 0 Å². The van der Waals surface area contributed by atoms with Crippen LogP contribution in [-0.4, -0.2) is 48.4 Å². The fourth-order valence-corrected chi connectivity index (χ4v) is 4.20. The van der Waals surface area contributed by atoms with Gasteiger partial charge in [0.25, 0.3) is 5.91 Å². The first kappa shape index (κ1) is 24.6. The number of halogens is 1. The molecule has 0 radical (unpaired) electrons. The quantitative estimate of drug-likeness (QED) is 0.566. The monoisotopic (exact) mass is 470 g/mol. The minimum Gasteiger partial charge on any atom is -0.354 e. The second kappa shape index (κ2) is 11.7. The van der Waals surface area contributed by atoms with Gasteiger partial charge in [0.2, 0.25) is 5.91 Å². The zero-order chi connectivity index (χ0) is 23.8. The molecule has 33 heavy (non-hydrogen) atoms. The Morgan fingerprint density at radius 3 is 2.48 bits per heavy atom. The maximum atomic E-state index is 12.9. The fraction of sp³-hybridized carbons (Fsp3) is 0.400. The van der Waals surface area contributed by atoms with E-state index in [-0.39, 0.29) is 23.8 Å². The maximum Gasteiger partial charge on any atom is 0.321 e. The molecule has 0 bridgehead atoms. The van der Waals surface area contributed by atoms with Gasteiger partial charge in [0.1, 0.15) is 6.04 Å². The van der Waals surface area contributed by atoms with E-state index in [1.165, 1.54) is 0 Å². The third-order valence-electron chi connectivity index (χ3n) is 5.88. The number of carbonyl (C=O) groups is 3. The molecule has 1 aliphatic heterocycles. The van der Waals surface area contributed by atoms with Crippen LogP contribution in [-0.2, 0) is 4.79 Å². The van der Waals surface area contributed by atoms with Crippen LogP contribution >= 0.6 is 11.6 Å². The summed E-state index contributed by atoms with van der Waals surface area (Å²) in [6, 6.07) is 13.5. The summed E-state index contributed by atoms with van der Waals surface area (Å²) in [4.78, 5) is 40.2. The third kappa shape index (κ3) is 6.71. The van der Waals surface area contributed by atoms with E-state index in [0.29, 0.717) is 48.7 Å². The summed E-state index contributed by atoms with van der Waals surface area (Å²) in [7, 11) is 0. The van der Waals surface area contributed by atoms with Crippen molar-refractivity contribution >= 4 is 35.1 Å². The number of likely N-dealkylation sites (tertiary alicyclic amines) is 1. The summed E-state index contributed by atoms with van der Waals surface area (Å²) in [6.07, 6.45) is 2.04. The van der Waals surface area contributed by atoms with Gasteiger partial charge in [-0.1, -0.05) is 42.8 Å². The van der Waals surface area contributed by atoms with Crippen LogP contribution < -0.4 is 16.0 Å². The standard InChI is InChI=1S/C25H31ClN4O3/c1-3-13-27-24(32)22(29-23(31)21-10-5-4-7-17(21)2)18-11-14-30(15-12-18)25(33)28-20-9-6-8-19(26)16-20/h4-10,16,18,22H,3,11-15H2,1-2H3,(H,27,32)(H,28,33)(H,29,31). The van der Waals surface area contributed by atoms with Crippen molar-refractivity contribution in [1.29, 1.82) is 0 Å². The molecular formula is C25H31ClN4O3. The van der Waals surface area contributed by atoms with Crippen molar-refractivity contribution in [2.45, 2.75) is 39.2 Å². The summed E-state index contributed by atoms with van der Waals surface area (Å²) < 4.78 is 0. The van der Waals surface area contributed by atoms with E-state index in [1.54, 1.807) is 35.2 Å². The van der Waals surface area contributed by atoms with Crippen LogP contribution in [0, 0.1) is 12.8 Å². The first-order valence-corrected chi connectivity index (χ1v) is 11.7. The molecule has 0 spiro atoms. The number of nitrogens with one attached hydrogen (secondary N) is 3. The molecule has 2 aromatic rings. The Kier molecular flexibility index (Phi) is 8.72. The first-order valence-electron chi connectivity index (χ1n) is 11.3. The highest BCUT2D eigenvalue weighted by atomic mass is 35.5. The van der Waals surface area contributed by atoms with Gasteiger partial charge in [0.15, 0.2) is 0 Å². The van der Waals surface area contributed by atoms with Crippen molar-refractivity contribution in [1.82, 2.24) is 15.5 Å². The van der Waals surface area contributed by atoms with Gasteiger partial charge >= 0.3 is 6.03 Å². The van der Waals surface area contributed by atoms with Crippen molar-refractivity contribution in [3.63, 3.8) is 0 Å². The molecule has 8 heteroatoms. The van der Waals surface area contributed by atoms with E-state index in [0.717, 1.165) is 12.0 Å². The van der Waals surface area contributed by atoms with Crippen LogP contribution in [0.4, 0.5) is 10.5 Å². The predicted molar refractivity (Wildman–Crippen MR) is 131 cm³/mol. The number of piperidine rings is 1. The molecule has 1 aliphatic rings. The summed E-state index contributed by atoms with van der Waals surface area (Å²) in [6.45, 7) is 5.40. The molecule has 1 unspecified atom stereocenters. The van der Waals surface area contributed by atoms with Crippen molar-refractivity contribution in [2.24, 2.45) is 5.92 Å². The molecule has 3 rings (SSSR count). The smallest absolute Gasteiger partial charge is 0.321 e. The number of urea groups is 1. The molecule has 3 N–H and O–H groups in total. The van der Waals surface area contributed by atoms with Crippen LogP contribution in [0.15, 0.2) is 48.5 Å². The second-order valence-corrected chi connectivity index (χ2v) is 8.76. The normalized spacial score (nSPS) is 14.9. The van der Waals surface area contributed by atoms with Crippen LogP contribution in [0.3, 0.4) is 0 Å². The van der Waals surface area contributed by atoms with E-state index >= 15 is 0 Å². The number of rotatable bonds is 7. The number of carbonyl (C=O) groups excluding carboxylic acids is 3. The lowest BCUT2D eigenvalue weighted by Gasteiger charge is -2.35. The zero-order valence-corrected chi connectivity index (χ0v) is 19.8. The number of nitrogens with zero attached hydrogens (tertiary/aromatic N) is 1. The predicted octanol–water partition coefficient (Wildman–Crippen LogP) is 4.22. The SMILES string of the molecule is CCCNC(=O)C(NC(=O)c1ccccc1C)C1CCN(C(=O)Nc2cccc(Cl)c2)CC1. The zero-order valence-electron chi connectivity index (χ0n) is 19.1. The highest BCUT2D eigenvalue weighted by Gasteiger charge is 2.34. The molecule has 7 nitrogen and oxygen atoms in total. The number of aryl methyl sites for hydroxylation is 1. The third-order valence-corrected chi connectivity index (χ3v) is 6.12. The van der Waals surface area contributed by atoms with E-state index < -0.39 is 6.04 Å². The van der Waals surface area contributed by atoms with Crippen LogP contribution in [0.2, 0.25) is 5.02 Å². The number of hydrogen-bond donors (Lipinski definition) is 3. The molecule has 4 amide bonds. The molecule has 0 aliphatic carbocycles. The topological polar surface area (TPSA) is 90.5 Å². The summed E-state index contributed by atoms with van der Waals surface area (Å²) in [5.74, 6) is -0.503. The molecule has 2 aromatic carbocycles. The van der Waals surface area contributed by atoms with Gasteiger partial charge in [-0.25, -0.2) is 4.79 Å². The highest BCUT2D eigenvalue weighted by molar-refractivity contribution is 6.30. The van der Waals surface area contributed by atoms with Crippen molar-refractivity contribution in [3.05, 3.63) is 64.7 Å². The molecule has 1 heterocycles. The number of amides is 4. The van der Waals surface area contributed by atoms with Crippen LogP contribution in [0.5, 0.6) is 0 Å². The minimum atomic E-state index is -0.651. The number of anilines is 1. The Labute approximate surface area is 199 Å². The number of benzene rings is 2.